The minimum Gasteiger partial charge on any atom is -0.0848 e. The first-order chi connectivity index (χ1) is 4.40. The van der Waals surface area contributed by atoms with Gasteiger partial charge in [0.25, 0.3) is 0 Å². The topological polar surface area (TPSA) is 0 Å². The SMILES string of the molecule is C[CH]C1C=CC2CC2C1. The second-order valence-electron chi connectivity index (χ2n) is 3.28. The average molecular weight is 121 g/mol. The van der Waals surface area contributed by atoms with Gasteiger partial charge in [-0.3, -0.25) is 0 Å². The molecule has 0 bridgehead atoms. The van der Waals surface area contributed by atoms with Crippen molar-refractivity contribution in [3.63, 3.8) is 0 Å². The van der Waals surface area contributed by atoms with E-state index in [0.29, 0.717) is 0 Å². The van der Waals surface area contributed by atoms with Gasteiger partial charge in [-0.05, 0) is 37.0 Å². The van der Waals surface area contributed by atoms with Crippen molar-refractivity contribution in [3.8, 4) is 0 Å². The molecule has 1 radical (unpaired) electrons. The van der Waals surface area contributed by atoms with Crippen molar-refractivity contribution in [2.75, 3.05) is 0 Å². The average Bonchev–Trinajstić information content (AvgIpc) is 2.64. The molecule has 0 aromatic carbocycles. The number of hydrogen-bond acceptors (Lipinski definition) is 0. The van der Waals surface area contributed by atoms with Crippen LogP contribution in [0, 0.1) is 24.2 Å². The van der Waals surface area contributed by atoms with Crippen LogP contribution in [-0.2, 0) is 0 Å². The van der Waals surface area contributed by atoms with Gasteiger partial charge in [-0.15, -0.1) is 0 Å². The highest BCUT2D eigenvalue weighted by atomic mass is 14.4. The molecule has 0 aliphatic heterocycles. The van der Waals surface area contributed by atoms with Gasteiger partial charge in [0.05, 0.1) is 0 Å². The second kappa shape index (κ2) is 1.86. The van der Waals surface area contributed by atoms with E-state index >= 15 is 0 Å². The van der Waals surface area contributed by atoms with Gasteiger partial charge < -0.3 is 0 Å². The van der Waals surface area contributed by atoms with Crippen LogP contribution in [0.2, 0.25) is 0 Å². The fourth-order valence-corrected chi connectivity index (χ4v) is 1.74. The molecule has 0 saturated heterocycles. The molecule has 9 heavy (non-hydrogen) atoms. The Bertz CT molecular complexity index is 135. The van der Waals surface area contributed by atoms with Crippen LogP contribution in [0.1, 0.15) is 19.8 Å². The van der Waals surface area contributed by atoms with Crippen LogP contribution in [0.25, 0.3) is 0 Å². The van der Waals surface area contributed by atoms with Crippen LogP contribution in [0.3, 0.4) is 0 Å². The van der Waals surface area contributed by atoms with Crippen LogP contribution in [0.5, 0.6) is 0 Å². The molecule has 1 saturated carbocycles. The third kappa shape index (κ3) is 0.910. The van der Waals surface area contributed by atoms with Gasteiger partial charge in [-0.2, -0.15) is 0 Å². The largest absolute Gasteiger partial charge is 0.0848 e. The molecule has 0 amide bonds. The van der Waals surface area contributed by atoms with E-state index in [4.69, 9.17) is 0 Å². The molecule has 49 valence electrons. The molecule has 2 rings (SSSR count). The zero-order chi connectivity index (χ0) is 6.27. The lowest BCUT2D eigenvalue weighted by Gasteiger charge is -2.11. The summed E-state index contributed by atoms with van der Waals surface area (Å²) in [7, 11) is 0. The fourth-order valence-electron chi connectivity index (χ4n) is 1.74. The zero-order valence-electron chi connectivity index (χ0n) is 5.88. The lowest BCUT2D eigenvalue weighted by atomic mass is 9.94. The Hall–Kier alpha value is -0.260. The number of fused-ring (bicyclic) bond motifs is 1. The summed E-state index contributed by atoms with van der Waals surface area (Å²) in [6, 6.07) is 0. The van der Waals surface area contributed by atoms with Crippen molar-refractivity contribution in [1.29, 1.82) is 0 Å². The molecule has 0 aromatic rings. The van der Waals surface area contributed by atoms with Crippen molar-refractivity contribution in [3.05, 3.63) is 18.6 Å². The number of allylic oxidation sites excluding steroid dienone is 2. The summed E-state index contributed by atoms with van der Waals surface area (Å²) in [6.45, 7) is 2.16. The first kappa shape index (κ1) is 5.52. The quantitative estimate of drug-likeness (QED) is 0.467. The Morgan fingerprint density at radius 1 is 1.33 bits per heavy atom. The fraction of sp³-hybridized carbons (Fsp3) is 0.667. The van der Waals surface area contributed by atoms with Gasteiger partial charge in [-0.25, -0.2) is 0 Å². The predicted molar refractivity (Wildman–Crippen MR) is 38.8 cm³/mol. The third-order valence-electron chi connectivity index (χ3n) is 2.59. The Morgan fingerprint density at radius 2 is 2.22 bits per heavy atom. The normalized spacial score (nSPS) is 46.6. The third-order valence-corrected chi connectivity index (χ3v) is 2.59. The van der Waals surface area contributed by atoms with Gasteiger partial charge in [0, 0.05) is 0 Å². The molecule has 0 N–H and O–H groups in total. The summed E-state index contributed by atoms with van der Waals surface area (Å²) in [4.78, 5) is 0. The summed E-state index contributed by atoms with van der Waals surface area (Å²) in [5, 5.41) is 0. The molecule has 1 fully saturated rings. The molecular formula is C9H13. The van der Waals surface area contributed by atoms with E-state index < -0.39 is 0 Å². The highest BCUT2D eigenvalue weighted by Gasteiger charge is 2.38. The molecular weight excluding hydrogens is 108 g/mol. The molecule has 0 heteroatoms. The highest BCUT2D eigenvalue weighted by molar-refractivity contribution is 5.11. The summed E-state index contributed by atoms with van der Waals surface area (Å²) in [6.07, 6.45) is 9.98. The van der Waals surface area contributed by atoms with Crippen molar-refractivity contribution >= 4 is 0 Å². The van der Waals surface area contributed by atoms with Gasteiger partial charge in [-0.1, -0.05) is 19.1 Å². The standard InChI is InChI=1S/C9H13/c1-2-7-3-4-8-6-9(8)5-7/h2-4,7-9H,5-6H2,1H3. The van der Waals surface area contributed by atoms with E-state index in [9.17, 15) is 0 Å². The van der Waals surface area contributed by atoms with Gasteiger partial charge >= 0.3 is 0 Å². The van der Waals surface area contributed by atoms with E-state index in [2.05, 4.69) is 25.5 Å². The van der Waals surface area contributed by atoms with Crippen LogP contribution in [0.4, 0.5) is 0 Å². The van der Waals surface area contributed by atoms with Gasteiger partial charge in [0.15, 0.2) is 0 Å². The Morgan fingerprint density at radius 3 is 2.89 bits per heavy atom. The Kier molecular flexibility index (Phi) is 1.14. The van der Waals surface area contributed by atoms with Crippen molar-refractivity contribution in [1.82, 2.24) is 0 Å². The molecule has 3 unspecified atom stereocenters. The van der Waals surface area contributed by atoms with Crippen LogP contribution >= 0.6 is 0 Å². The van der Waals surface area contributed by atoms with Gasteiger partial charge in [0.2, 0.25) is 0 Å². The van der Waals surface area contributed by atoms with Crippen LogP contribution < -0.4 is 0 Å². The molecule has 2 aliphatic rings. The van der Waals surface area contributed by atoms with E-state index in [1.807, 2.05) is 0 Å². The highest BCUT2D eigenvalue weighted by Crippen LogP contribution is 2.47. The summed E-state index contributed by atoms with van der Waals surface area (Å²) >= 11 is 0. The molecule has 0 nitrogen and oxygen atoms in total. The Labute approximate surface area is 57.0 Å². The van der Waals surface area contributed by atoms with E-state index in [1.165, 1.54) is 12.8 Å². The lowest BCUT2D eigenvalue weighted by Crippen LogP contribution is -2.01. The minimum atomic E-state index is 0.800. The first-order valence-electron chi connectivity index (χ1n) is 3.88. The maximum Gasteiger partial charge on any atom is -0.0202 e. The monoisotopic (exact) mass is 121 g/mol. The molecule has 0 aromatic heterocycles. The molecule has 0 heterocycles. The van der Waals surface area contributed by atoms with Crippen LogP contribution in [0.15, 0.2) is 12.2 Å². The maximum atomic E-state index is 2.40. The summed E-state index contributed by atoms with van der Waals surface area (Å²) in [5.41, 5.74) is 0. The summed E-state index contributed by atoms with van der Waals surface area (Å²) < 4.78 is 0. The molecule has 0 spiro atoms. The van der Waals surface area contributed by atoms with E-state index in [-0.39, 0.29) is 0 Å². The zero-order valence-corrected chi connectivity index (χ0v) is 5.88. The first-order valence-corrected chi connectivity index (χ1v) is 3.88. The lowest BCUT2D eigenvalue weighted by molar-refractivity contribution is 0.567. The molecule has 2 aliphatic carbocycles. The number of hydrogen-bond donors (Lipinski definition) is 0. The predicted octanol–water partition coefficient (Wildman–Crippen LogP) is 2.42. The van der Waals surface area contributed by atoms with E-state index in [1.54, 1.807) is 0 Å². The van der Waals surface area contributed by atoms with Gasteiger partial charge in [0.1, 0.15) is 0 Å². The Balaban J connectivity index is 2.00. The van der Waals surface area contributed by atoms with E-state index in [0.717, 1.165) is 17.8 Å². The summed E-state index contributed by atoms with van der Waals surface area (Å²) in [5.74, 6) is 2.85. The maximum absolute atomic E-state index is 2.40. The van der Waals surface area contributed by atoms with Crippen molar-refractivity contribution in [2.45, 2.75) is 19.8 Å². The second-order valence-corrected chi connectivity index (χ2v) is 3.28. The minimum absolute atomic E-state index is 0.800. The van der Waals surface area contributed by atoms with Crippen molar-refractivity contribution in [2.24, 2.45) is 17.8 Å². The number of rotatable bonds is 1. The molecule has 3 atom stereocenters. The van der Waals surface area contributed by atoms with Crippen molar-refractivity contribution < 1.29 is 0 Å². The van der Waals surface area contributed by atoms with Crippen LogP contribution in [-0.4, -0.2) is 0 Å². The smallest absolute Gasteiger partial charge is 0.0202 e.